The average molecular weight is 253 g/mol. The SMILES string of the molecule is CCc1cc(NCCCCCSC)nc(C)n1. The maximum absolute atomic E-state index is 4.39. The number of aryl methyl sites for hydroxylation is 2. The fourth-order valence-corrected chi connectivity index (χ4v) is 2.16. The zero-order valence-electron chi connectivity index (χ0n) is 11.1. The second kappa shape index (κ2) is 8.34. The fraction of sp³-hybridized carbons (Fsp3) is 0.692. The summed E-state index contributed by atoms with van der Waals surface area (Å²) in [4.78, 5) is 8.76. The van der Waals surface area contributed by atoms with Gasteiger partial charge in [-0.15, -0.1) is 0 Å². The third-order valence-corrected chi connectivity index (χ3v) is 3.28. The number of anilines is 1. The zero-order chi connectivity index (χ0) is 12.5. The first-order chi connectivity index (χ1) is 8.26. The van der Waals surface area contributed by atoms with E-state index in [1.807, 2.05) is 18.7 Å². The number of hydrogen-bond donors (Lipinski definition) is 1. The van der Waals surface area contributed by atoms with Crippen LogP contribution < -0.4 is 5.32 Å². The molecule has 0 saturated carbocycles. The first-order valence-electron chi connectivity index (χ1n) is 6.33. The summed E-state index contributed by atoms with van der Waals surface area (Å²) in [6.45, 7) is 5.07. The Hall–Kier alpha value is -0.770. The van der Waals surface area contributed by atoms with Gasteiger partial charge in [0.25, 0.3) is 0 Å². The van der Waals surface area contributed by atoms with Crippen LogP contribution in [0.1, 0.15) is 37.7 Å². The topological polar surface area (TPSA) is 37.8 Å². The predicted octanol–water partition coefficient (Wildman–Crippen LogP) is 3.29. The van der Waals surface area contributed by atoms with Gasteiger partial charge in [-0.1, -0.05) is 13.3 Å². The lowest BCUT2D eigenvalue weighted by Crippen LogP contribution is -2.06. The molecule has 0 amide bonds. The Kier molecular flexibility index (Phi) is 7.01. The monoisotopic (exact) mass is 253 g/mol. The summed E-state index contributed by atoms with van der Waals surface area (Å²) in [5.41, 5.74) is 1.11. The highest BCUT2D eigenvalue weighted by Gasteiger charge is 1.99. The molecule has 1 aromatic rings. The highest BCUT2D eigenvalue weighted by Crippen LogP contribution is 2.08. The Balaban J connectivity index is 2.28. The number of aromatic nitrogens is 2. The molecule has 96 valence electrons. The van der Waals surface area contributed by atoms with Gasteiger partial charge in [-0.05, 0) is 38.2 Å². The van der Waals surface area contributed by atoms with Crippen molar-refractivity contribution in [3.05, 3.63) is 17.6 Å². The van der Waals surface area contributed by atoms with Crippen LogP contribution in [0.5, 0.6) is 0 Å². The fourth-order valence-electron chi connectivity index (χ4n) is 1.67. The van der Waals surface area contributed by atoms with E-state index in [9.17, 15) is 0 Å². The quantitative estimate of drug-likeness (QED) is 0.721. The molecule has 0 spiro atoms. The van der Waals surface area contributed by atoms with E-state index in [-0.39, 0.29) is 0 Å². The second-order valence-corrected chi connectivity index (χ2v) is 5.11. The van der Waals surface area contributed by atoms with Gasteiger partial charge in [0.2, 0.25) is 0 Å². The van der Waals surface area contributed by atoms with Crippen molar-refractivity contribution < 1.29 is 0 Å². The number of nitrogens with zero attached hydrogens (tertiary/aromatic N) is 2. The van der Waals surface area contributed by atoms with Crippen LogP contribution in [0.15, 0.2) is 6.07 Å². The lowest BCUT2D eigenvalue weighted by Gasteiger charge is -2.07. The molecule has 0 unspecified atom stereocenters. The van der Waals surface area contributed by atoms with Crippen molar-refractivity contribution in [3.63, 3.8) is 0 Å². The van der Waals surface area contributed by atoms with Crippen LogP contribution in [0.25, 0.3) is 0 Å². The molecule has 1 aromatic heterocycles. The molecule has 0 atom stereocenters. The highest BCUT2D eigenvalue weighted by molar-refractivity contribution is 7.98. The molecule has 1 heterocycles. The van der Waals surface area contributed by atoms with E-state index >= 15 is 0 Å². The van der Waals surface area contributed by atoms with E-state index in [1.54, 1.807) is 0 Å². The molecule has 0 aromatic carbocycles. The normalized spacial score (nSPS) is 10.5. The van der Waals surface area contributed by atoms with E-state index in [1.165, 1.54) is 25.0 Å². The van der Waals surface area contributed by atoms with E-state index in [0.717, 1.165) is 30.3 Å². The number of thioether (sulfide) groups is 1. The first-order valence-corrected chi connectivity index (χ1v) is 7.73. The van der Waals surface area contributed by atoms with Crippen LogP contribution in [-0.4, -0.2) is 28.5 Å². The third-order valence-electron chi connectivity index (χ3n) is 2.58. The van der Waals surface area contributed by atoms with Crippen molar-refractivity contribution in [1.82, 2.24) is 9.97 Å². The average Bonchev–Trinajstić information content (AvgIpc) is 2.33. The molecular weight excluding hydrogens is 230 g/mol. The number of unbranched alkanes of at least 4 members (excludes halogenated alkanes) is 2. The van der Waals surface area contributed by atoms with Crippen molar-refractivity contribution in [2.45, 2.75) is 39.5 Å². The molecule has 0 aliphatic heterocycles. The Morgan fingerprint density at radius 3 is 2.76 bits per heavy atom. The van der Waals surface area contributed by atoms with Gasteiger partial charge in [-0.25, -0.2) is 9.97 Å². The smallest absolute Gasteiger partial charge is 0.129 e. The van der Waals surface area contributed by atoms with Gasteiger partial charge in [0.05, 0.1) is 0 Å². The molecule has 0 aliphatic carbocycles. The molecule has 0 saturated heterocycles. The Bertz CT molecular complexity index is 328. The zero-order valence-corrected chi connectivity index (χ0v) is 11.9. The number of hydrogen-bond acceptors (Lipinski definition) is 4. The summed E-state index contributed by atoms with van der Waals surface area (Å²) in [7, 11) is 0. The second-order valence-electron chi connectivity index (χ2n) is 4.13. The summed E-state index contributed by atoms with van der Waals surface area (Å²) in [6.07, 6.45) is 6.94. The lowest BCUT2D eigenvalue weighted by atomic mass is 10.2. The number of rotatable bonds is 8. The van der Waals surface area contributed by atoms with Gasteiger partial charge in [-0.2, -0.15) is 11.8 Å². The minimum Gasteiger partial charge on any atom is -0.370 e. The Morgan fingerprint density at radius 1 is 1.24 bits per heavy atom. The molecular formula is C13H23N3S. The van der Waals surface area contributed by atoms with Crippen molar-refractivity contribution in [2.75, 3.05) is 23.9 Å². The van der Waals surface area contributed by atoms with Gasteiger partial charge >= 0.3 is 0 Å². The minimum atomic E-state index is 0.856. The van der Waals surface area contributed by atoms with E-state index in [2.05, 4.69) is 34.5 Å². The summed E-state index contributed by atoms with van der Waals surface area (Å²) >= 11 is 1.92. The van der Waals surface area contributed by atoms with Gasteiger partial charge in [0.1, 0.15) is 11.6 Å². The van der Waals surface area contributed by atoms with Crippen LogP contribution >= 0.6 is 11.8 Å². The van der Waals surface area contributed by atoms with Crippen molar-refractivity contribution in [2.24, 2.45) is 0 Å². The largest absolute Gasteiger partial charge is 0.370 e. The van der Waals surface area contributed by atoms with Crippen molar-refractivity contribution >= 4 is 17.6 Å². The van der Waals surface area contributed by atoms with Gasteiger partial charge in [0, 0.05) is 18.3 Å². The maximum Gasteiger partial charge on any atom is 0.129 e. The predicted molar refractivity (Wildman–Crippen MR) is 76.9 cm³/mol. The molecule has 0 bridgehead atoms. The summed E-state index contributed by atoms with van der Waals surface area (Å²) in [6, 6.07) is 2.05. The molecule has 0 fully saturated rings. The van der Waals surface area contributed by atoms with Crippen LogP contribution in [0.2, 0.25) is 0 Å². The van der Waals surface area contributed by atoms with Gasteiger partial charge < -0.3 is 5.32 Å². The molecule has 0 radical (unpaired) electrons. The molecule has 1 rings (SSSR count). The molecule has 1 N–H and O–H groups in total. The molecule has 4 heteroatoms. The van der Waals surface area contributed by atoms with E-state index < -0.39 is 0 Å². The van der Waals surface area contributed by atoms with Crippen LogP contribution in [0.4, 0.5) is 5.82 Å². The van der Waals surface area contributed by atoms with Crippen LogP contribution in [-0.2, 0) is 6.42 Å². The maximum atomic E-state index is 4.39. The van der Waals surface area contributed by atoms with Gasteiger partial charge in [0.15, 0.2) is 0 Å². The molecule has 3 nitrogen and oxygen atoms in total. The Labute approximate surface area is 109 Å². The summed E-state index contributed by atoms with van der Waals surface area (Å²) < 4.78 is 0. The molecule has 0 aliphatic rings. The van der Waals surface area contributed by atoms with Crippen LogP contribution in [0.3, 0.4) is 0 Å². The summed E-state index contributed by atoms with van der Waals surface area (Å²) in [5.74, 6) is 3.10. The summed E-state index contributed by atoms with van der Waals surface area (Å²) in [5, 5.41) is 3.38. The van der Waals surface area contributed by atoms with Crippen LogP contribution in [0, 0.1) is 6.92 Å². The van der Waals surface area contributed by atoms with Crippen molar-refractivity contribution in [3.8, 4) is 0 Å². The Morgan fingerprint density at radius 2 is 2.06 bits per heavy atom. The van der Waals surface area contributed by atoms with E-state index in [4.69, 9.17) is 0 Å². The number of nitrogens with one attached hydrogen (secondary N) is 1. The first kappa shape index (κ1) is 14.3. The highest BCUT2D eigenvalue weighted by atomic mass is 32.2. The lowest BCUT2D eigenvalue weighted by molar-refractivity contribution is 0.747. The van der Waals surface area contributed by atoms with E-state index in [0.29, 0.717) is 0 Å². The third kappa shape index (κ3) is 5.91. The van der Waals surface area contributed by atoms with Crippen molar-refractivity contribution in [1.29, 1.82) is 0 Å². The molecule has 17 heavy (non-hydrogen) atoms. The minimum absolute atomic E-state index is 0.856. The van der Waals surface area contributed by atoms with Gasteiger partial charge in [-0.3, -0.25) is 0 Å². The standard InChI is InChI=1S/C13H23N3S/c1-4-12-10-13(16-11(2)15-12)14-8-6-5-7-9-17-3/h10H,4-9H2,1-3H3,(H,14,15,16).